The first-order valence-corrected chi connectivity index (χ1v) is 7.87. The van der Waals surface area contributed by atoms with Crippen LogP contribution in [-0.2, 0) is 0 Å². The molecule has 0 aliphatic heterocycles. The molecule has 0 amide bonds. The van der Waals surface area contributed by atoms with Crippen molar-refractivity contribution in [2.45, 2.75) is 0 Å². The van der Waals surface area contributed by atoms with Crippen molar-refractivity contribution in [1.29, 1.82) is 0 Å². The van der Waals surface area contributed by atoms with Gasteiger partial charge in [0.1, 0.15) is 11.6 Å². The molecule has 0 unspecified atom stereocenters. The van der Waals surface area contributed by atoms with Gasteiger partial charge >= 0.3 is 0 Å². The Morgan fingerprint density at radius 3 is 2.67 bits per heavy atom. The normalized spacial score (nSPS) is 10.9. The van der Waals surface area contributed by atoms with Crippen molar-refractivity contribution in [3.63, 3.8) is 0 Å². The first-order chi connectivity index (χ1) is 11.7. The Labute approximate surface area is 144 Å². The largest absolute Gasteiger partial charge is 0.497 e. The summed E-state index contributed by atoms with van der Waals surface area (Å²) >= 11 is 6.14. The SMILES string of the molecule is COc1ccc2nc3cc(Cl)ccc3c(Nc3ccccn3)c2c1. The maximum absolute atomic E-state index is 6.14. The summed E-state index contributed by atoms with van der Waals surface area (Å²) in [4.78, 5) is 9.07. The Morgan fingerprint density at radius 1 is 0.958 bits per heavy atom. The van der Waals surface area contributed by atoms with E-state index in [1.807, 2.05) is 54.6 Å². The molecular formula is C19H14ClN3O. The number of hydrogen-bond acceptors (Lipinski definition) is 4. The molecule has 0 fully saturated rings. The zero-order valence-corrected chi connectivity index (χ0v) is 13.7. The molecule has 2 heterocycles. The fourth-order valence-corrected chi connectivity index (χ4v) is 2.89. The second-order valence-electron chi connectivity index (χ2n) is 5.37. The summed E-state index contributed by atoms with van der Waals surface area (Å²) in [5, 5.41) is 6.01. The van der Waals surface area contributed by atoms with E-state index in [9.17, 15) is 0 Å². The summed E-state index contributed by atoms with van der Waals surface area (Å²) in [6, 6.07) is 17.3. The number of pyridine rings is 2. The molecule has 4 aromatic rings. The molecule has 0 radical (unpaired) electrons. The van der Waals surface area contributed by atoms with Gasteiger partial charge in [0.2, 0.25) is 0 Å². The van der Waals surface area contributed by atoms with Crippen molar-refractivity contribution >= 4 is 44.9 Å². The van der Waals surface area contributed by atoms with E-state index in [0.717, 1.165) is 39.1 Å². The van der Waals surface area contributed by atoms with Crippen LogP contribution >= 0.6 is 11.6 Å². The number of anilines is 2. The zero-order chi connectivity index (χ0) is 16.5. The van der Waals surface area contributed by atoms with E-state index in [1.165, 1.54) is 0 Å². The van der Waals surface area contributed by atoms with Crippen molar-refractivity contribution in [2.75, 3.05) is 12.4 Å². The fourth-order valence-electron chi connectivity index (χ4n) is 2.72. The van der Waals surface area contributed by atoms with Crippen molar-refractivity contribution in [1.82, 2.24) is 9.97 Å². The number of halogens is 1. The van der Waals surface area contributed by atoms with Crippen LogP contribution in [0.5, 0.6) is 5.75 Å². The van der Waals surface area contributed by atoms with Crippen molar-refractivity contribution in [3.8, 4) is 5.75 Å². The molecule has 0 bridgehead atoms. The van der Waals surface area contributed by atoms with E-state index in [1.54, 1.807) is 13.3 Å². The maximum Gasteiger partial charge on any atom is 0.130 e. The van der Waals surface area contributed by atoms with Crippen LogP contribution in [-0.4, -0.2) is 17.1 Å². The average molecular weight is 336 g/mol. The van der Waals surface area contributed by atoms with E-state index in [2.05, 4.69) is 10.3 Å². The van der Waals surface area contributed by atoms with Gasteiger partial charge in [-0.15, -0.1) is 0 Å². The van der Waals surface area contributed by atoms with Gasteiger partial charge in [0.05, 0.1) is 23.8 Å². The molecule has 0 saturated carbocycles. The van der Waals surface area contributed by atoms with Crippen LogP contribution in [0.3, 0.4) is 0 Å². The second kappa shape index (κ2) is 5.98. The highest BCUT2D eigenvalue weighted by atomic mass is 35.5. The number of rotatable bonds is 3. The molecule has 0 aliphatic carbocycles. The smallest absolute Gasteiger partial charge is 0.130 e. The van der Waals surface area contributed by atoms with Gasteiger partial charge in [0, 0.05) is 22.0 Å². The van der Waals surface area contributed by atoms with Gasteiger partial charge in [-0.3, -0.25) is 0 Å². The van der Waals surface area contributed by atoms with Crippen LogP contribution in [0.2, 0.25) is 5.02 Å². The zero-order valence-electron chi connectivity index (χ0n) is 13.0. The van der Waals surface area contributed by atoms with Crippen molar-refractivity contribution in [3.05, 3.63) is 65.8 Å². The molecule has 4 rings (SSSR count). The third-order valence-corrected chi connectivity index (χ3v) is 4.10. The van der Waals surface area contributed by atoms with Gasteiger partial charge in [-0.1, -0.05) is 17.7 Å². The minimum absolute atomic E-state index is 0.659. The summed E-state index contributed by atoms with van der Waals surface area (Å²) in [6.07, 6.45) is 1.76. The number of fused-ring (bicyclic) bond motifs is 2. The highest BCUT2D eigenvalue weighted by Gasteiger charge is 2.11. The summed E-state index contributed by atoms with van der Waals surface area (Å²) in [5.74, 6) is 1.55. The number of hydrogen-bond donors (Lipinski definition) is 1. The molecule has 4 nitrogen and oxygen atoms in total. The lowest BCUT2D eigenvalue weighted by Crippen LogP contribution is -1.97. The van der Waals surface area contributed by atoms with E-state index < -0.39 is 0 Å². The fraction of sp³-hybridized carbons (Fsp3) is 0.0526. The Balaban J connectivity index is 2.03. The summed E-state index contributed by atoms with van der Waals surface area (Å²) in [5.41, 5.74) is 2.63. The Kier molecular flexibility index (Phi) is 3.67. The van der Waals surface area contributed by atoms with E-state index in [0.29, 0.717) is 5.02 Å². The number of aromatic nitrogens is 2. The molecule has 0 saturated heterocycles. The molecule has 0 spiro atoms. The third-order valence-electron chi connectivity index (χ3n) is 3.86. The molecule has 2 aromatic heterocycles. The molecule has 2 aromatic carbocycles. The molecular weight excluding hydrogens is 322 g/mol. The standard InChI is InChI=1S/C19H14ClN3O/c1-24-13-6-8-16-15(11-13)19(23-18-4-2-3-9-21-18)14-7-5-12(20)10-17(14)22-16/h2-11H,1H3,(H,21,22,23). The number of nitrogens with one attached hydrogen (secondary N) is 1. The molecule has 1 N–H and O–H groups in total. The Hall–Kier alpha value is -2.85. The number of nitrogens with zero attached hydrogens (tertiary/aromatic N) is 2. The summed E-state index contributed by atoms with van der Waals surface area (Å²) in [7, 11) is 1.65. The lowest BCUT2D eigenvalue weighted by atomic mass is 10.1. The second-order valence-corrected chi connectivity index (χ2v) is 5.81. The van der Waals surface area contributed by atoms with Gasteiger partial charge in [-0.2, -0.15) is 0 Å². The average Bonchev–Trinajstić information content (AvgIpc) is 2.62. The lowest BCUT2D eigenvalue weighted by Gasteiger charge is -2.13. The van der Waals surface area contributed by atoms with E-state index >= 15 is 0 Å². The molecule has 0 aliphatic rings. The molecule has 118 valence electrons. The Bertz CT molecular complexity index is 1030. The molecule has 24 heavy (non-hydrogen) atoms. The predicted molar refractivity (Wildman–Crippen MR) is 98.3 cm³/mol. The van der Waals surface area contributed by atoms with Crippen LogP contribution in [0, 0.1) is 0 Å². The van der Waals surface area contributed by atoms with Gasteiger partial charge in [-0.25, -0.2) is 9.97 Å². The molecule has 5 heteroatoms. The monoisotopic (exact) mass is 335 g/mol. The number of benzene rings is 2. The summed E-state index contributed by atoms with van der Waals surface area (Å²) in [6.45, 7) is 0. The van der Waals surface area contributed by atoms with Crippen LogP contribution in [0.1, 0.15) is 0 Å². The van der Waals surface area contributed by atoms with Crippen molar-refractivity contribution < 1.29 is 4.74 Å². The van der Waals surface area contributed by atoms with Crippen LogP contribution in [0.15, 0.2) is 60.8 Å². The minimum Gasteiger partial charge on any atom is -0.497 e. The van der Waals surface area contributed by atoms with Crippen LogP contribution in [0.4, 0.5) is 11.5 Å². The lowest BCUT2D eigenvalue weighted by molar-refractivity contribution is 0.415. The van der Waals surface area contributed by atoms with Gasteiger partial charge in [0.25, 0.3) is 0 Å². The van der Waals surface area contributed by atoms with Gasteiger partial charge in [-0.05, 0) is 48.5 Å². The summed E-state index contributed by atoms with van der Waals surface area (Å²) < 4.78 is 5.37. The highest BCUT2D eigenvalue weighted by Crippen LogP contribution is 2.35. The first kappa shape index (κ1) is 14.7. The van der Waals surface area contributed by atoms with E-state index in [-0.39, 0.29) is 0 Å². The third kappa shape index (κ3) is 2.61. The van der Waals surface area contributed by atoms with Gasteiger partial charge < -0.3 is 10.1 Å². The first-order valence-electron chi connectivity index (χ1n) is 7.50. The quantitative estimate of drug-likeness (QED) is 0.523. The number of methoxy groups -OCH3 is 1. The number of ether oxygens (including phenoxy) is 1. The van der Waals surface area contributed by atoms with Crippen LogP contribution in [0.25, 0.3) is 21.8 Å². The topological polar surface area (TPSA) is 47.0 Å². The maximum atomic E-state index is 6.14. The van der Waals surface area contributed by atoms with Crippen LogP contribution < -0.4 is 10.1 Å². The molecule has 0 atom stereocenters. The van der Waals surface area contributed by atoms with Gasteiger partial charge in [0.15, 0.2) is 0 Å². The van der Waals surface area contributed by atoms with Crippen molar-refractivity contribution in [2.24, 2.45) is 0 Å². The highest BCUT2D eigenvalue weighted by molar-refractivity contribution is 6.31. The Morgan fingerprint density at radius 2 is 1.88 bits per heavy atom. The predicted octanol–water partition coefficient (Wildman–Crippen LogP) is 5.19. The van der Waals surface area contributed by atoms with E-state index in [4.69, 9.17) is 21.3 Å². The minimum atomic E-state index is 0.659.